The smallest absolute Gasteiger partial charge is 0.208 e. The molecule has 0 bridgehead atoms. The van der Waals surface area contributed by atoms with Crippen LogP contribution in [-0.2, 0) is 9.47 Å². The quantitative estimate of drug-likeness (QED) is 0.574. The maximum Gasteiger partial charge on any atom is 0.208 e. The molecular weight excluding hydrogens is 238 g/mol. The monoisotopic (exact) mass is 259 g/mol. The SMILES string of the molecule is CCOC(CSc1n[nH]c(C(C)C)n1)OCC. The minimum absolute atomic E-state index is 0.184. The maximum absolute atomic E-state index is 5.45. The van der Waals surface area contributed by atoms with Crippen molar-refractivity contribution in [3.8, 4) is 0 Å². The molecule has 6 heteroatoms. The van der Waals surface area contributed by atoms with E-state index in [1.165, 1.54) is 0 Å². The van der Waals surface area contributed by atoms with Gasteiger partial charge in [-0.2, -0.15) is 0 Å². The van der Waals surface area contributed by atoms with Gasteiger partial charge in [0.15, 0.2) is 6.29 Å². The van der Waals surface area contributed by atoms with Gasteiger partial charge < -0.3 is 9.47 Å². The van der Waals surface area contributed by atoms with Crippen LogP contribution in [0.3, 0.4) is 0 Å². The molecule has 0 amide bonds. The number of thioether (sulfide) groups is 1. The molecule has 0 saturated carbocycles. The van der Waals surface area contributed by atoms with Gasteiger partial charge in [0.2, 0.25) is 5.16 Å². The van der Waals surface area contributed by atoms with Gasteiger partial charge in [0.1, 0.15) is 5.82 Å². The summed E-state index contributed by atoms with van der Waals surface area (Å²) in [6, 6.07) is 0. The van der Waals surface area contributed by atoms with Crippen LogP contribution >= 0.6 is 11.8 Å². The summed E-state index contributed by atoms with van der Waals surface area (Å²) in [6.07, 6.45) is -0.184. The summed E-state index contributed by atoms with van der Waals surface area (Å²) >= 11 is 1.54. The molecule has 0 spiro atoms. The van der Waals surface area contributed by atoms with E-state index in [-0.39, 0.29) is 6.29 Å². The highest BCUT2D eigenvalue weighted by Gasteiger charge is 2.12. The van der Waals surface area contributed by atoms with E-state index in [0.29, 0.717) is 24.9 Å². The Balaban J connectivity index is 2.41. The van der Waals surface area contributed by atoms with Crippen LogP contribution in [0.15, 0.2) is 5.16 Å². The van der Waals surface area contributed by atoms with E-state index in [4.69, 9.17) is 9.47 Å². The van der Waals surface area contributed by atoms with Gasteiger partial charge in [0.25, 0.3) is 0 Å². The van der Waals surface area contributed by atoms with Gasteiger partial charge in [-0.3, -0.25) is 5.10 Å². The molecule has 0 unspecified atom stereocenters. The van der Waals surface area contributed by atoms with Gasteiger partial charge in [0, 0.05) is 19.1 Å². The summed E-state index contributed by atoms with van der Waals surface area (Å²) in [5.41, 5.74) is 0. The van der Waals surface area contributed by atoms with Crippen molar-refractivity contribution >= 4 is 11.8 Å². The van der Waals surface area contributed by atoms with Gasteiger partial charge in [-0.15, -0.1) is 5.10 Å². The van der Waals surface area contributed by atoms with Crippen molar-refractivity contribution in [2.75, 3.05) is 19.0 Å². The Morgan fingerprint density at radius 2 is 1.88 bits per heavy atom. The van der Waals surface area contributed by atoms with E-state index in [1.807, 2.05) is 13.8 Å². The lowest BCUT2D eigenvalue weighted by atomic mass is 10.2. The Morgan fingerprint density at radius 3 is 2.35 bits per heavy atom. The van der Waals surface area contributed by atoms with Gasteiger partial charge in [-0.1, -0.05) is 25.6 Å². The second kappa shape index (κ2) is 7.68. The molecule has 0 aliphatic rings. The Morgan fingerprint density at radius 1 is 1.24 bits per heavy atom. The molecule has 0 atom stereocenters. The fourth-order valence-electron chi connectivity index (χ4n) is 1.24. The number of H-pyrrole nitrogens is 1. The third-order valence-corrected chi connectivity index (χ3v) is 2.96. The van der Waals surface area contributed by atoms with Crippen LogP contribution in [-0.4, -0.2) is 40.4 Å². The lowest BCUT2D eigenvalue weighted by molar-refractivity contribution is -0.120. The lowest BCUT2D eigenvalue weighted by Gasteiger charge is -2.15. The van der Waals surface area contributed by atoms with Crippen LogP contribution in [0.5, 0.6) is 0 Å². The second-order valence-corrected chi connectivity index (χ2v) is 4.80. The molecule has 0 fully saturated rings. The first-order valence-corrected chi connectivity index (χ1v) is 6.94. The molecule has 17 heavy (non-hydrogen) atoms. The molecule has 1 aromatic rings. The summed E-state index contributed by atoms with van der Waals surface area (Å²) in [4.78, 5) is 4.39. The maximum atomic E-state index is 5.45. The molecule has 0 aromatic carbocycles. The summed E-state index contributed by atoms with van der Waals surface area (Å²) in [5.74, 6) is 1.99. The minimum Gasteiger partial charge on any atom is -0.352 e. The number of aromatic nitrogens is 3. The molecule has 0 radical (unpaired) electrons. The Kier molecular flexibility index (Phi) is 6.54. The fourth-order valence-corrected chi connectivity index (χ4v) is 1.99. The number of nitrogens with zero attached hydrogens (tertiary/aromatic N) is 2. The Hall–Kier alpha value is -0.590. The second-order valence-electron chi connectivity index (χ2n) is 3.81. The van der Waals surface area contributed by atoms with Crippen molar-refractivity contribution in [2.24, 2.45) is 0 Å². The van der Waals surface area contributed by atoms with E-state index in [0.717, 1.165) is 11.0 Å². The van der Waals surface area contributed by atoms with E-state index >= 15 is 0 Å². The van der Waals surface area contributed by atoms with E-state index < -0.39 is 0 Å². The number of aromatic amines is 1. The standard InChI is InChI=1S/C11H21N3O2S/c1-5-15-9(16-6-2)7-17-11-12-10(8(3)4)13-14-11/h8-9H,5-7H2,1-4H3,(H,12,13,14). The summed E-state index contributed by atoms with van der Waals surface area (Å²) in [5, 5.41) is 7.82. The van der Waals surface area contributed by atoms with Crippen LogP contribution in [0, 0.1) is 0 Å². The number of nitrogens with one attached hydrogen (secondary N) is 1. The number of rotatable bonds is 8. The average Bonchev–Trinajstić information content (AvgIpc) is 2.75. The van der Waals surface area contributed by atoms with Crippen molar-refractivity contribution < 1.29 is 9.47 Å². The summed E-state index contributed by atoms with van der Waals surface area (Å²) in [7, 11) is 0. The molecule has 0 saturated heterocycles. The van der Waals surface area contributed by atoms with Crippen molar-refractivity contribution in [1.82, 2.24) is 15.2 Å². The Bertz CT molecular complexity index is 311. The van der Waals surface area contributed by atoms with Crippen molar-refractivity contribution in [3.05, 3.63) is 5.82 Å². The predicted octanol–water partition coefficient (Wildman–Crippen LogP) is 2.42. The van der Waals surface area contributed by atoms with Gasteiger partial charge in [-0.05, 0) is 13.8 Å². The lowest BCUT2D eigenvalue weighted by Crippen LogP contribution is -2.20. The first-order chi connectivity index (χ1) is 8.17. The number of ether oxygens (including phenoxy) is 2. The molecule has 98 valence electrons. The van der Waals surface area contributed by atoms with Crippen LogP contribution < -0.4 is 0 Å². The first-order valence-electron chi connectivity index (χ1n) is 5.95. The minimum atomic E-state index is -0.184. The molecule has 5 nitrogen and oxygen atoms in total. The molecule has 1 N–H and O–H groups in total. The highest BCUT2D eigenvalue weighted by Crippen LogP contribution is 2.18. The zero-order valence-corrected chi connectivity index (χ0v) is 11.7. The molecule has 1 heterocycles. The summed E-state index contributed by atoms with van der Waals surface area (Å²) < 4.78 is 10.9. The van der Waals surface area contributed by atoms with Crippen molar-refractivity contribution in [1.29, 1.82) is 0 Å². The van der Waals surface area contributed by atoms with E-state index in [2.05, 4.69) is 29.0 Å². The van der Waals surface area contributed by atoms with Crippen LogP contribution in [0.4, 0.5) is 0 Å². The van der Waals surface area contributed by atoms with E-state index in [9.17, 15) is 0 Å². The third-order valence-electron chi connectivity index (χ3n) is 2.08. The van der Waals surface area contributed by atoms with Crippen LogP contribution in [0.1, 0.15) is 39.4 Å². The van der Waals surface area contributed by atoms with Crippen LogP contribution in [0.2, 0.25) is 0 Å². The largest absolute Gasteiger partial charge is 0.352 e. The highest BCUT2D eigenvalue weighted by atomic mass is 32.2. The number of hydrogen-bond acceptors (Lipinski definition) is 5. The summed E-state index contributed by atoms with van der Waals surface area (Å²) in [6.45, 7) is 9.38. The zero-order chi connectivity index (χ0) is 12.7. The first kappa shape index (κ1) is 14.5. The fraction of sp³-hybridized carbons (Fsp3) is 0.818. The van der Waals surface area contributed by atoms with E-state index in [1.54, 1.807) is 11.8 Å². The molecule has 1 aromatic heterocycles. The number of hydrogen-bond donors (Lipinski definition) is 1. The van der Waals surface area contributed by atoms with Crippen molar-refractivity contribution in [2.45, 2.75) is 45.1 Å². The third kappa shape index (κ3) is 5.06. The molecular formula is C11H21N3O2S. The molecule has 0 aliphatic heterocycles. The average molecular weight is 259 g/mol. The molecule has 1 rings (SSSR count). The normalized spacial score (nSPS) is 11.6. The van der Waals surface area contributed by atoms with Crippen molar-refractivity contribution in [3.63, 3.8) is 0 Å². The molecule has 0 aliphatic carbocycles. The highest BCUT2D eigenvalue weighted by molar-refractivity contribution is 7.99. The van der Waals surface area contributed by atoms with Gasteiger partial charge >= 0.3 is 0 Å². The topological polar surface area (TPSA) is 60.0 Å². The van der Waals surface area contributed by atoms with Gasteiger partial charge in [0.05, 0.1) is 5.75 Å². The van der Waals surface area contributed by atoms with Gasteiger partial charge in [-0.25, -0.2) is 4.98 Å². The zero-order valence-electron chi connectivity index (χ0n) is 10.9. The predicted molar refractivity (Wildman–Crippen MR) is 68.2 cm³/mol. The Labute approximate surface area is 107 Å². The van der Waals surface area contributed by atoms with Crippen LogP contribution in [0.25, 0.3) is 0 Å².